The van der Waals surface area contributed by atoms with Crippen molar-refractivity contribution in [2.45, 2.75) is 19.9 Å². The molecule has 1 aromatic heterocycles. The van der Waals surface area contributed by atoms with Crippen LogP contribution in [0.5, 0.6) is 23.0 Å². The number of hydrogen-bond acceptors (Lipinski definition) is 11. The summed E-state index contributed by atoms with van der Waals surface area (Å²) in [6.07, 6.45) is 1.41. The zero-order valence-electron chi connectivity index (χ0n) is 21.7. The normalized spacial score (nSPS) is 15.9. The molecule has 2 aromatic carbocycles. The Morgan fingerprint density at radius 3 is 2.55 bits per heavy atom. The van der Waals surface area contributed by atoms with Gasteiger partial charge in [-0.25, -0.2) is 9.79 Å². The average Bonchev–Trinajstić information content (AvgIpc) is 3.50. The Hall–Kier alpha value is -4.17. The summed E-state index contributed by atoms with van der Waals surface area (Å²) < 4.78 is 29.0. The fraction of sp³-hybridized carbons (Fsp3) is 0.269. The molecule has 12 nitrogen and oxygen atoms in total. The minimum Gasteiger partial charge on any atom is -0.493 e. The molecule has 14 heteroatoms. The second kappa shape index (κ2) is 10.8. The monoisotopic (exact) mass is 631 g/mol. The second-order valence-electron chi connectivity index (χ2n) is 8.55. The SMILES string of the molecule is CCOC(=O)C1=C(C)N=c2s/c(=C\c3cc4c(cc3[N+](=O)[O-])OCO4)c(=O)n2[C@@H]1c1cc(OC)c(OC)cc1Br. The summed E-state index contributed by atoms with van der Waals surface area (Å²) in [6.45, 7) is 3.40. The van der Waals surface area contributed by atoms with Gasteiger partial charge in [-0.15, -0.1) is 0 Å². The highest BCUT2D eigenvalue weighted by atomic mass is 79.9. The zero-order valence-corrected chi connectivity index (χ0v) is 24.1. The molecule has 3 aromatic rings. The van der Waals surface area contributed by atoms with E-state index >= 15 is 0 Å². The Morgan fingerprint density at radius 1 is 1.23 bits per heavy atom. The lowest BCUT2D eigenvalue weighted by molar-refractivity contribution is -0.385. The number of ether oxygens (including phenoxy) is 5. The van der Waals surface area contributed by atoms with Gasteiger partial charge in [-0.05, 0) is 43.7 Å². The van der Waals surface area contributed by atoms with Crippen LogP contribution in [0, 0.1) is 10.1 Å². The predicted molar refractivity (Wildman–Crippen MR) is 147 cm³/mol. The molecular weight excluding hydrogens is 610 g/mol. The van der Waals surface area contributed by atoms with E-state index in [-0.39, 0.29) is 40.5 Å². The molecule has 0 radical (unpaired) electrons. The topological polar surface area (TPSA) is 141 Å². The number of aromatic nitrogens is 1. The van der Waals surface area contributed by atoms with Crippen molar-refractivity contribution < 1.29 is 33.4 Å². The molecule has 0 spiro atoms. The predicted octanol–water partition coefficient (Wildman–Crippen LogP) is 3.21. The molecule has 0 bridgehead atoms. The van der Waals surface area contributed by atoms with Gasteiger partial charge in [0.25, 0.3) is 11.2 Å². The van der Waals surface area contributed by atoms with Crippen LogP contribution >= 0.6 is 27.3 Å². The van der Waals surface area contributed by atoms with Crippen molar-refractivity contribution in [3.8, 4) is 23.0 Å². The maximum atomic E-state index is 13.9. The molecule has 2 aliphatic heterocycles. The molecule has 40 heavy (non-hydrogen) atoms. The number of allylic oxidation sites excluding steroid dienone is 1. The highest BCUT2D eigenvalue weighted by molar-refractivity contribution is 9.10. The van der Waals surface area contributed by atoms with E-state index in [2.05, 4.69) is 20.9 Å². The van der Waals surface area contributed by atoms with Crippen molar-refractivity contribution in [1.82, 2.24) is 4.57 Å². The van der Waals surface area contributed by atoms with Crippen molar-refractivity contribution in [2.24, 2.45) is 4.99 Å². The van der Waals surface area contributed by atoms with E-state index in [0.29, 0.717) is 37.8 Å². The number of nitrogens with zero attached hydrogens (tertiary/aromatic N) is 3. The number of carbonyl (C=O) groups excluding carboxylic acids is 1. The van der Waals surface area contributed by atoms with Crippen LogP contribution in [0.3, 0.4) is 0 Å². The zero-order chi connectivity index (χ0) is 28.7. The summed E-state index contributed by atoms with van der Waals surface area (Å²) in [5.41, 5.74) is 0.463. The van der Waals surface area contributed by atoms with E-state index in [1.165, 1.54) is 37.0 Å². The van der Waals surface area contributed by atoms with Crippen LogP contribution in [0.4, 0.5) is 5.69 Å². The summed E-state index contributed by atoms with van der Waals surface area (Å²) in [6, 6.07) is 5.12. The van der Waals surface area contributed by atoms with Crippen molar-refractivity contribution in [3.05, 3.63) is 80.9 Å². The number of thiazole rings is 1. The van der Waals surface area contributed by atoms with Crippen molar-refractivity contribution in [2.75, 3.05) is 27.6 Å². The van der Waals surface area contributed by atoms with Gasteiger partial charge in [0.1, 0.15) is 0 Å². The maximum absolute atomic E-state index is 13.9. The number of benzene rings is 2. The van der Waals surface area contributed by atoms with Crippen molar-refractivity contribution in [1.29, 1.82) is 0 Å². The van der Waals surface area contributed by atoms with Gasteiger partial charge in [-0.3, -0.25) is 19.5 Å². The molecule has 0 amide bonds. The minimum absolute atomic E-state index is 0.0613. The first-order valence-electron chi connectivity index (χ1n) is 11.9. The summed E-state index contributed by atoms with van der Waals surface area (Å²) in [7, 11) is 2.98. The van der Waals surface area contributed by atoms with Crippen LogP contribution in [-0.2, 0) is 9.53 Å². The third-order valence-corrected chi connectivity index (χ3v) is 7.99. The summed E-state index contributed by atoms with van der Waals surface area (Å²) in [5, 5.41) is 11.8. The first-order chi connectivity index (χ1) is 19.2. The Labute approximate surface area is 239 Å². The Balaban J connectivity index is 1.78. The average molecular weight is 632 g/mol. The molecule has 208 valence electrons. The number of fused-ring (bicyclic) bond motifs is 2. The lowest BCUT2D eigenvalue weighted by atomic mass is 9.95. The van der Waals surface area contributed by atoms with Gasteiger partial charge >= 0.3 is 5.97 Å². The lowest BCUT2D eigenvalue weighted by Crippen LogP contribution is -2.40. The van der Waals surface area contributed by atoms with E-state index in [4.69, 9.17) is 23.7 Å². The van der Waals surface area contributed by atoms with Crippen molar-refractivity contribution in [3.63, 3.8) is 0 Å². The van der Waals surface area contributed by atoms with Gasteiger partial charge in [0, 0.05) is 4.47 Å². The molecule has 0 saturated heterocycles. The third-order valence-electron chi connectivity index (χ3n) is 6.32. The number of nitro benzene ring substituents is 1. The van der Waals surface area contributed by atoms with Crippen LogP contribution in [0.2, 0.25) is 0 Å². The molecular formula is C26H22BrN3O9S. The van der Waals surface area contributed by atoms with Gasteiger partial charge in [-0.2, -0.15) is 0 Å². The van der Waals surface area contributed by atoms with E-state index < -0.39 is 22.5 Å². The van der Waals surface area contributed by atoms with Gasteiger partial charge < -0.3 is 23.7 Å². The molecule has 0 N–H and O–H groups in total. The molecule has 3 heterocycles. The van der Waals surface area contributed by atoms with Gasteiger partial charge in [0.2, 0.25) is 6.79 Å². The summed E-state index contributed by atoms with van der Waals surface area (Å²) >= 11 is 4.59. The van der Waals surface area contributed by atoms with Crippen LogP contribution in [0.1, 0.15) is 31.0 Å². The number of nitro groups is 1. The Bertz CT molecular complexity index is 1780. The van der Waals surface area contributed by atoms with E-state index in [1.807, 2.05) is 0 Å². The fourth-order valence-electron chi connectivity index (χ4n) is 4.53. The summed E-state index contributed by atoms with van der Waals surface area (Å²) in [4.78, 5) is 43.2. The van der Waals surface area contributed by atoms with Crippen LogP contribution < -0.4 is 33.8 Å². The number of methoxy groups -OCH3 is 2. The first kappa shape index (κ1) is 27.4. The largest absolute Gasteiger partial charge is 0.493 e. The first-order valence-corrected chi connectivity index (χ1v) is 13.5. The summed E-state index contributed by atoms with van der Waals surface area (Å²) in [5.74, 6) is 0.780. The number of esters is 1. The Morgan fingerprint density at radius 2 is 1.90 bits per heavy atom. The number of carbonyl (C=O) groups is 1. The van der Waals surface area contributed by atoms with Crippen molar-refractivity contribution >= 4 is 45.0 Å². The Kier molecular flexibility index (Phi) is 7.38. The molecule has 0 aliphatic carbocycles. The molecule has 0 saturated carbocycles. The quantitative estimate of drug-likeness (QED) is 0.218. The molecule has 2 aliphatic rings. The minimum atomic E-state index is -0.946. The highest BCUT2D eigenvalue weighted by Crippen LogP contribution is 2.41. The number of halogens is 1. The highest BCUT2D eigenvalue weighted by Gasteiger charge is 2.35. The third kappa shape index (κ3) is 4.62. The van der Waals surface area contributed by atoms with E-state index in [0.717, 1.165) is 11.3 Å². The standard InChI is InChI=1S/C26H22BrN3O9S/c1-5-37-25(32)22-12(2)28-26-29(23(22)14-8-17(35-3)18(36-4)9-15(14)27)24(31)21(40-26)7-13-6-19-20(39-11-38-19)10-16(13)30(33)34/h6-10,23H,5,11H2,1-4H3/b21-7-/t23-/m1/s1. The van der Waals surface area contributed by atoms with Crippen LogP contribution in [0.25, 0.3) is 6.08 Å². The lowest BCUT2D eigenvalue weighted by Gasteiger charge is -2.26. The van der Waals surface area contributed by atoms with E-state index in [9.17, 15) is 19.7 Å². The van der Waals surface area contributed by atoms with Crippen LogP contribution in [-0.4, -0.2) is 43.1 Å². The smallest absolute Gasteiger partial charge is 0.338 e. The van der Waals surface area contributed by atoms with Gasteiger partial charge in [-0.1, -0.05) is 27.3 Å². The fourth-order valence-corrected chi connectivity index (χ4v) is 6.10. The second-order valence-corrected chi connectivity index (χ2v) is 10.4. The van der Waals surface area contributed by atoms with Gasteiger partial charge in [0.15, 0.2) is 27.8 Å². The number of hydrogen-bond donors (Lipinski definition) is 0. The molecule has 0 fully saturated rings. The molecule has 1 atom stereocenters. The maximum Gasteiger partial charge on any atom is 0.338 e. The molecule has 0 unspecified atom stereocenters. The number of rotatable bonds is 7. The van der Waals surface area contributed by atoms with Crippen LogP contribution in [0.15, 0.2) is 49.8 Å². The van der Waals surface area contributed by atoms with Gasteiger partial charge in [0.05, 0.1) is 59.2 Å². The van der Waals surface area contributed by atoms with E-state index in [1.54, 1.807) is 26.0 Å². The molecule has 5 rings (SSSR count).